The van der Waals surface area contributed by atoms with Gasteiger partial charge in [0, 0.05) is 19.0 Å². The van der Waals surface area contributed by atoms with E-state index < -0.39 is 0 Å². The van der Waals surface area contributed by atoms with Crippen LogP contribution in [0, 0.1) is 23.7 Å². The van der Waals surface area contributed by atoms with E-state index in [0.29, 0.717) is 0 Å². The molecule has 2 fully saturated rings. The fourth-order valence-corrected chi connectivity index (χ4v) is 2.94. The third-order valence-electron chi connectivity index (χ3n) is 3.57. The molecule has 0 aromatic heterocycles. The van der Waals surface area contributed by atoms with Crippen LogP contribution in [0.5, 0.6) is 0 Å². The van der Waals surface area contributed by atoms with Gasteiger partial charge >= 0.3 is 0 Å². The Balaban J connectivity index is 1.67. The maximum absolute atomic E-state index is 3.65. The van der Waals surface area contributed by atoms with Crippen LogP contribution in [0.2, 0.25) is 0 Å². The largest absolute Gasteiger partial charge is 0.313 e. The van der Waals surface area contributed by atoms with Crippen LogP contribution in [0.1, 0.15) is 39.0 Å². The first-order valence-electron chi connectivity index (χ1n) is 5.53. The zero-order valence-electron chi connectivity index (χ0n) is 8.47. The van der Waals surface area contributed by atoms with Gasteiger partial charge in [-0.05, 0) is 38.0 Å². The van der Waals surface area contributed by atoms with E-state index in [0.717, 1.165) is 30.8 Å². The van der Waals surface area contributed by atoms with Gasteiger partial charge in [-0.25, -0.2) is 0 Å². The lowest BCUT2D eigenvalue weighted by Gasteiger charge is -2.22. The van der Waals surface area contributed by atoms with Crippen LogP contribution >= 0.6 is 0 Å². The molecule has 0 aromatic carbocycles. The lowest BCUT2D eigenvalue weighted by atomic mass is 9.95. The minimum absolute atomic E-state index is 0.831. The lowest BCUT2D eigenvalue weighted by Crippen LogP contribution is -2.34. The van der Waals surface area contributed by atoms with E-state index in [1.807, 2.05) is 6.92 Å². The Hall–Kier alpha value is -0.480. The molecular formula is C12H19N. The van der Waals surface area contributed by atoms with Crippen molar-refractivity contribution in [3.05, 3.63) is 0 Å². The molecule has 13 heavy (non-hydrogen) atoms. The Morgan fingerprint density at radius 3 is 2.85 bits per heavy atom. The second-order valence-corrected chi connectivity index (χ2v) is 4.41. The fraction of sp³-hybridized carbons (Fsp3) is 0.833. The summed E-state index contributed by atoms with van der Waals surface area (Å²) < 4.78 is 0. The van der Waals surface area contributed by atoms with Gasteiger partial charge in [-0.15, -0.1) is 11.8 Å². The van der Waals surface area contributed by atoms with Crippen LogP contribution in [0.4, 0.5) is 0 Å². The Morgan fingerprint density at radius 1 is 1.31 bits per heavy atom. The van der Waals surface area contributed by atoms with Crippen molar-refractivity contribution < 1.29 is 0 Å². The van der Waals surface area contributed by atoms with E-state index in [9.17, 15) is 0 Å². The second kappa shape index (κ2) is 4.15. The minimum Gasteiger partial charge on any atom is -0.313 e. The second-order valence-electron chi connectivity index (χ2n) is 4.41. The smallest absolute Gasteiger partial charge is 0.0214 e. The van der Waals surface area contributed by atoms with E-state index in [4.69, 9.17) is 0 Å². The van der Waals surface area contributed by atoms with Crippen molar-refractivity contribution in [2.24, 2.45) is 11.8 Å². The van der Waals surface area contributed by atoms with Crippen LogP contribution < -0.4 is 5.32 Å². The zero-order valence-corrected chi connectivity index (χ0v) is 8.47. The molecule has 2 aliphatic rings. The summed E-state index contributed by atoms with van der Waals surface area (Å²) in [4.78, 5) is 0. The fourth-order valence-electron chi connectivity index (χ4n) is 2.94. The summed E-state index contributed by atoms with van der Waals surface area (Å²) in [5, 5.41) is 3.65. The number of nitrogens with one attached hydrogen (secondary N) is 1. The summed E-state index contributed by atoms with van der Waals surface area (Å²) in [6.07, 6.45) is 6.92. The molecule has 0 aromatic rings. The van der Waals surface area contributed by atoms with Gasteiger partial charge in [0.1, 0.15) is 0 Å². The first-order valence-corrected chi connectivity index (χ1v) is 5.53. The summed E-state index contributed by atoms with van der Waals surface area (Å²) in [7, 11) is 0. The van der Waals surface area contributed by atoms with Crippen LogP contribution in [-0.2, 0) is 0 Å². The Kier molecular flexibility index (Phi) is 2.90. The van der Waals surface area contributed by atoms with Gasteiger partial charge in [0.25, 0.3) is 0 Å². The summed E-state index contributed by atoms with van der Waals surface area (Å²) in [6.45, 7) is 3.01. The predicted octanol–water partition coefficient (Wildman–Crippen LogP) is 2.18. The van der Waals surface area contributed by atoms with E-state index in [-0.39, 0.29) is 0 Å². The van der Waals surface area contributed by atoms with Crippen LogP contribution in [0.15, 0.2) is 0 Å². The quantitative estimate of drug-likeness (QED) is 0.514. The topological polar surface area (TPSA) is 12.0 Å². The van der Waals surface area contributed by atoms with Crippen molar-refractivity contribution in [2.45, 2.75) is 45.1 Å². The average Bonchev–Trinajstić information content (AvgIpc) is 2.73. The Bertz CT molecular complexity index is 223. The Labute approximate surface area is 81.3 Å². The molecule has 0 heterocycles. The average molecular weight is 177 g/mol. The highest BCUT2D eigenvalue weighted by Gasteiger charge is 2.38. The molecule has 2 bridgehead atoms. The van der Waals surface area contributed by atoms with Gasteiger partial charge in [-0.2, -0.15) is 0 Å². The summed E-state index contributed by atoms with van der Waals surface area (Å²) in [6, 6.07) is 0.831. The molecule has 0 aliphatic heterocycles. The van der Waals surface area contributed by atoms with Crippen molar-refractivity contribution >= 4 is 0 Å². The molecule has 0 radical (unpaired) electrons. The summed E-state index contributed by atoms with van der Waals surface area (Å²) >= 11 is 0. The van der Waals surface area contributed by atoms with Crippen LogP contribution in [-0.4, -0.2) is 12.6 Å². The number of fused-ring (bicyclic) bond motifs is 2. The normalized spacial score (nSPS) is 35.9. The van der Waals surface area contributed by atoms with Crippen molar-refractivity contribution in [3.8, 4) is 11.8 Å². The molecule has 2 rings (SSSR count). The minimum atomic E-state index is 0.831. The highest BCUT2D eigenvalue weighted by atomic mass is 14.9. The van der Waals surface area contributed by atoms with E-state index >= 15 is 0 Å². The standard InChI is InChI=1S/C12H19N/c1-2-3-4-7-13-12-9-10-5-6-11(12)8-10/h10-13H,4-9H2,1H3. The third-order valence-corrected chi connectivity index (χ3v) is 3.57. The molecule has 1 nitrogen and oxygen atoms in total. The SMILES string of the molecule is CC#CCCNC1CC2CCC1C2. The number of rotatable bonds is 3. The predicted molar refractivity (Wildman–Crippen MR) is 55.3 cm³/mol. The summed E-state index contributed by atoms with van der Waals surface area (Å²) in [5.74, 6) is 8.10. The molecule has 1 heteroatoms. The van der Waals surface area contributed by atoms with Gasteiger partial charge in [0.15, 0.2) is 0 Å². The third kappa shape index (κ3) is 2.06. The van der Waals surface area contributed by atoms with Gasteiger partial charge in [-0.1, -0.05) is 6.42 Å². The van der Waals surface area contributed by atoms with Gasteiger partial charge in [0.05, 0.1) is 0 Å². The maximum atomic E-state index is 3.65. The van der Waals surface area contributed by atoms with E-state index in [1.165, 1.54) is 25.7 Å². The first-order chi connectivity index (χ1) is 6.40. The van der Waals surface area contributed by atoms with Crippen molar-refractivity contribution in [1.29, 1.82) is 0 Å². The van der Waals surface area contributed by atoms with E-state index in [2.05, 4.69) is 17.2 Å². The first kappa shape index (κ1) is 9.09. The molecule has 3 unspecified atom stereocenters. The van der Waals surface area contributed by atoms with Crippen LogP contribution in [0.25, 0.3) is 0 Å². The van der Waals surface area contributed by atoms with Gasteiger partial charge in [-0.3, -0.25) is 0 Å². The highest BCUT2D eigenvalue weighted by Crippen LogP contribution is 2.44. The molecule has 3 atom stereocenters. The molecular weight excluding hydrogens is 158 g/mol. The zero-order chi connectivity index (χ0) is 9.10. The molecule has 72 valence electrons. The molecule has 0 saturated heterocycles. The summed E-state index contributed by atoms with van der Waals surface area (Å²) in [5.41, 5.74) is 0. The molecule has 2 saturated carbocycles. The molecule has 0 amide bonds. The monoisotopic (exact) mass is 177 g/mol. The molecule has 2 aliphatic carbocycles. The lowest BCUT2D eigenvalue weighted by molar-refractivity contribution is 0.355. The number of hydrogen-bond acceptors (Lipinski definition) is 1. The Morgan fingerprint density at radius 2 is 2.23 bits per heavy atom. The van der Waals surface area contributed by atoms with Crippen LogP contribution in [0.3, 0.4) is 0 Å². The highest BCUT2D eigenvalue weighted by molar-refractivity contribution is 4.97. The maximum Gasteiger partial charge on any atom is 0.0214 e. The number of hydrogen-bond donors (Lipinski definition) is 1. The van der Waals surface area contributed by atoms with E-state index in [1.54, 1.807) is 0 Å². The van der Waals surface area contributed by atoms with Crippen molar-refractivity contribution in [1.82, 2.24) is 5.32 Å². The van der Waals surface area contributed by atoms with Crippen molar-refractivity contribution in [3.63, 3.8) is 0 Å². The molecule has 1 N–H and O–H groups in total. The van der Waals surface area contributed by atoms with Gasteiger partial charge in [0.2, 0.25) is 0 Å². The van der Waals surface area contributed by atoms with Gasteiger partial charge < -0.3 is 5.32 Å². The molecule has 0 spiro atoms. The van der Waals surface area contributed by atoms with Crippen molar-refractivity contribution in [2.75, 3.05) is 6.54 Å².